The van der Waals surface area contributed by atoms with Gasteiger partial charge in [-0.3, -0.25) is 9.59 Å². The van der Waals surface area contributed by atoms with Gasteiger partial charge in [-0.25, -0.2) is 4.79 Å². The minimum Gasteiger partial charge on any atom is -0.466 e. The van der Waals surface area contributed by atoms with Gasteiger partial charge in [0.15, 0.2) is 0 Å². The predicted molar refractivity (Wildman–Crippen MR) is 131 cm³/mol. The number of carbonyl (C=O) groups excluding carboxylic acids is 3. The van der Waals surface area contributed by atoms with Crippen LogP contribution in [0.25, 0.3) is 0 Å². The summed E-state index contributed by atoms with van der Waals surface area (Å²) in [5, 5.41) is 2.78. The van der Waals surface area contributed by atoms with Crippen molar-refractivity contribution in [2.45, 2.75) is 70.8 Å². The molecule has 0 aliphatic carbocycles. The number of benzene rings is 1. The topological polar surface area (TPSA) is 88.2 Å². The average Bonchev–Trinajstić information content (AvgIpc) is 2.78. The Bertz CT molecular complexity index is 1010. The van der Waals surface area contributed by atoms with Crippen molar-refractivity contribution in [1.29, 1.82) is 0 Å². The van der Waals surface area contributed by atoms with Gasteiger partial charge in [0.05, 0.1) is 24.1 Å². The van der Waals surface area contributed by atoms with E-state index < -0.39 is 47.4 Å². The standard InChI is InChI=1S/C25H33ClF3N3O5/c1-5-36-22(34)18-8-10-31(23(35)37-24(2,3)4)14-20(18)32-9-6-7-19(21(32)33)30-17-12-15(25(27,28)29)11-16(26)13-17/h11-13,18-20,30H,5-10,14H2,1-4H3/t18-,19?,20-/m0/s1. The highest BCUT2D eigenvalue weighted by atomic mass is 35.5. The third-order valence-corrected chi connectivity index (χ3v) is 6.48. The molecule has 2 aliphatic rings. The average molecular weight is 548 g/mol. The minimum absolute atomic E-state index is 0.0704. The van der Waals surface area contributed by atoms with Gasteiger partial charge in [-0.2, -0.15) is 13.2 Å². The quantitative estimate of drug-likeness (QED) is 0.525. The predicted octanol–water partition coefficient (Wildman–Crippen LogP) is 4.95. The molecular weight excluding hydrogens is 515 g/mol. The smallest absolute Gasteiger partial charge is 0.416 e. The first-order chi connectivity index (χ1) is 17.2. The van der Waals surface area contributed by atoms with Crippen LogP contribution in [-0.4, -0.2) is 71.7 Å². The molecule has 1 aromatic carbocycles. The summed E-state index contributed by atoms with van der Waals surface area (Å²) in [6.07, 6.45) is -3.92. The number of anilines is 1. The zero-order valence-corrected chi connectivity index (χ0v) is 22.1. The number of rotatable bonds is 5. The maximum atomic E-state index is 13.5. The molecule has 0 saturated carbocycles. The molecule has 206 valence electrons. The summed E-state index contributed by atoms with van der Waals surface area (Å²) >= 11 is 5.90. The first-order valence-corrected chi connectivity index (χ1v) is 12.7. The summed E-state index contributed by atoms with van der Waals surface area (Å²) in [5.41, 5.74) is -1.57. The molecule has 2 fully saturated rings. The molecule has 3 rings (SSSR count). The molecule has 1 N–H and O–H groups in total. The van der Waals surface area contributed by atoms with Crippen LogP contribution in [0, 0.1) is 5.92 Å². The number of piperidine rings is 2. The van der Waals surface area contributed by atoms with E-state index in [0.29, 0.717) is 19.4 Å². The van der Waals surface area contributed by atoms with Gasteiger partial charge in [-0.05, 0) is 65.2 Å². The van der Waals surface area contributed by atoms with Crippen LogP contribution in [0.2, 0.25) is 5.02 Å². The van der Waals surface area contributed by atoms with E-state index in [1.54, 1.807) is 27.7 Å². The van der Waals surface area contributed by atoms with E-state index in [2.05, 4.69) is 5.32 Å². The number of nitrogens with one attached hydrogen (secondary N) is 1. The van der Waals surface area contributed by atoms with Gasteiger partial charge in [0.1, 0.15) is 11.6 Å². The van der Waals surface area contributed by atoms with Gasteiger partial charge < -0.3 is 24.6 Å². The van der Waals surface area contributed by atoms with Gasteiger partial charge in [0, 0.05) is 30.3 Å². The van der Waals surface area contributed by atoms with Crippen LogP contribution in [-0.2, 0) is 25.2 Å². The maximum Gasteiger partial charge on any atom is 0.416 e. The van der Waals surface area contributed by atoms with Crippen LogP contribution in [0.5, 0.6) is 0 Å². The fourth-order valence-corrected chi connectivity index (χ4v) is 4.90. The van der Waals surface area contributed by atoms with Gasteiger partial charge in [-0.15, -0.1) is 0 Å². The molecule has 0 spiro atoms. The molecule has 12 heteroatoms. The van der Waals surface area contributed by atoms with Crippen LogP contribution in [0.3, 0.4) is 0 Å². The Labute approximate surface area is 219 Å². The van der Waals surface area contributed by atoms with Gasteiger partial charge >= 0.3 is 18.2 Å². The van der Waals surface area contributed by atoms with Crippen molar-refractivity contribution in [3.63, 3.8) is 0 Å². The summed E-state index contributed by atoms with van der Waals surface area (Å²) in [5.74, 6) is -1.47. The molecule has 1 unspecified atom stereocenters. The molecule has 2 heterocycles. The van der Waals surface area contributed by atoms with Crippen LogP contribution < -0.4 is 5.32 Å². The van der Waals surface area contributed by atoms with Crippen molar-refractivity contribution in [2.24, 2.45) is 5.92 Å². The van der Waals surface area contributed by atoms with E-state index in [4.69, 9.17) is 21.1 Å². The van der Waals surface area contributed by atoms with E-state index >= 15 is 0 Å². The number of hydrogen-bond acceptors (Lipinski definition) is 6. The fraction of sp³-hybridized carbons (Fsp3) is 0.640. The Kier molecular flexibility index (Phi) is 8.87. The fourth-order valence-electron chi connectivity index (χ4n) is 4.66. The Morgan fingerprint density at radius 3 is 2.46 bits per heavy atom. The number of carbonyl (C=O) groups is 3. The lowest BCUT2D eigenvalue weighted by Gasteiger charge is -2.45. The van der Waals surface area contributed by atoms with E-state index in [9.17, 15) is 27.6 Å². The Morgan fingerprint density at radius 2 is 1.84 bits per heavy atom. The summed E-state index contributed by atoms with van der Waals surface area (Å²) in [6, 6.07) is 1.56. The number of esters is 1. The highest BCUT2D eigenvalue weighted by molar-refractivity contribution is 6.31. The highest BCUT2D eigenvalue weighted by Crippen LogP contribution is 2.34. The van der Waals surface area contributed by atoms with Crippen LogP contribution in [0.15, 0.2) is 18.2 Å². The zero-order valence-electron chi connectivity index (χ0n) is 21.4. The van der Waals surface area contributed by atoms with Crippen LogP contribution in [0.1, 0.15) is 52.5 Å². The molecular formula is C25H33ClF3N3O5. The molecule has 0 aromatic heterocycles. The molecule has 8 nitrogen and oxygen atoms in total. The number of hydrogen-bond donors (Lipinski definition) is 1. The summed E-state index contributed by atoms with van der Waals surface area (Å²) in [6.45, 7) is 7.78. The number of amides is 2. The highest BCUT2D eigenvalue weighted by Gasteiger charge is 2.45. The van der Waals surface area contributed by atoms with Crippen molar-refractivity contribution in [1.82, 2.24) is 9.80 Å². The molecule has 3 atom stereocenters. The third kappa shape index (κ3) is 7.43. The Morgan fingerprint density at radius 1 is 1.14 bits per heavy atom. The van der Waals surface area contributed by atoms with E-state index in [0.717, 1.165) is 12.1 Å². The number of nitrogens with zero attached hydrogens (tertiary/aromatic N) is 2. The molecule has 2 amide bonds. The minimum atomic E-state index is -4.59. The van der Waals surface area contributed by atoms with Crippen molar-refractivity contribution < 1.29 is 37.0 Å². The SMILES string of the molecule is CCOC(=O)[C@H]1CCN(C(=O)OC(C)(C)C)C[C@@H]1N1CCCC(Nc2cc(Cl)cc(C(F)(F)F)c2)C1=O. The van der Waals surface area contributed by atoms with Crippen molar-refractivity contribution in [3.05, 3.63) is 28.8 Å². The second-order valence-electron chi connectivity index (χ2n) is 10.2. The van der Waals surface area contributed by atoms with E-state index in [-0.39, 0.29) is 42.7 Å². The van der Waals surface area contributed by atoms with Gasteiger partial charge in [0.25, 0.3) is 0 Å². The largest absolute Gasteiger partial charge is 0.466 e. The lowest BCUT2D eigenvalue weighted by Crippen LogP contribution is -2.61. The second-order valence-corrected chi connectivity index (χ2v) is 10.7. The number of alkyl halides is 3. The Balaban J connectivity index is 1.83. The van der Waals surface area contributed by atoms with E-state index in [1.807, 2.05) is 0 Å². The van der Waals surface area contributed by atoms with E-state index in [1.165, 1.54) is 15.9 Å². The summed E-state index contributed by atoms with van der Waals surface area (Å²) in [4.78, 5) is 42.1. The van der Waals surface area contributed by atoms with Crippen LogP contribution in [0.4, 0.5) is 23.7 Å². The maximum absolute atomic E-state index is 13.5. The Hall–Kier alpha value is -2.69. The van der Waals surface area contributed by atoms with Crippen molar-refractivity contribution in [3.8, 4) is 0 Å². The molecule has 2 aliphatic heterocycles. The van der Waals surface area contributed by atoms with Crippen molar-refractivity contribution in [2.75, 3.05) is 31.6 Å². The first-order valence-electron chi connectivity index (χ1n) is 12.3. The normalized spacial score (nSPS) is 23.0. The van der Waals surface area contributed by atoms with Crippen molar-refractivity contribution >= 4 is 35.3 Å². The van der Waals surface area contributed by atoms with Crippen LogP contribution >= 0.6 is 11.6 Å². The number of ether oxygens (including phenoxy) is 2. The summed E-state index contributed by atoms with van der Waals surface area (Å²) in [7, 11) is 0. The monoisotopic (exact) mass is 547 g/mol. The molecule has 37 heavy (non-hydrogen) atoms. The van der Waals surface area contributed by atoms with Gasteiger partial charge in [0.2, 0.25) is 5.91 Å². The third-order valence-electron chi connectivity index (χ3n) is 6.26. The number of likely N-dealkylation sites (tertiary alicyclic amines) is 2. The summed E-state index contributed by atoms with van der Waals surface area (Å²) < 4.78 is 50.5. The lowest BCUT2D eigenvalue weighted by molar-refractivity contribution is -0.156. The molecule has 0 bridgehead atoms. The van der Waals surface area contributed by atoms with Gasteiger partial charge in [-0.1, -0.05) is 11.6 Å². The zero-order chi connectivity index (χ0) is 27.5. The first kappa shape index (κ1) is 28.9. The number of halogens is 4. The second kappa shape index (κ2) is 11.4. The molecule has 2 saturated heterocycles. The molecule has 1 aromatic rings. The molecule has 0 radical (unpaired) electrons. The lowest BCUT2D eigenvalue weighted by atomic mass is 9.88.